The summed E-state index contributed by atoms with van der Waals surface area (Å²) in [4.78, 5) is 20.8. The number of hydrogen-bond acceptors (Lipinski definition) is 6. The SMILES string of the molecule is Cc1ccc2c(c1)Oc1sc(Cl)cc1C(N1CCN(CC(C)(C)C(=O)O)CC1)=N2.Cl.Cl.Cl.Cl. The molecule has 1 fully saturated rings. The first-order valence-electron chi connectivity index (χ1n) is 9.60. The zero-order valence-electron chi connectivity index (χ0n) is 18.4. The third-order valence-corrected chi connectivity index (χ3v) is 6.46. The van der Waals surface area contributed by atoms with Crippen LogP contribution in [0.5, 0.6) is 10.8 Å². The highest BCUT2D eigenvalue weighted by Crippen LogP contribution is 2.44. The van der Waals surface area contributed by atoms with Crippen molar-refractivity contribution in [1.29, 1.82) is 0 Å². The summed E-state index contributed by atoms with van der Waals surface area (Å²) < 4.78 is 6.82. The van der Waals surface area contributed by atoms with Crippen LogP contribution in [0, 0.1) is 12.3 Å². The van der Waals surface area contributed by atoms with E-state index in [1.54, 1.807) is 13.8 Å². The lowest BCUT2D eigenvalue weighted by atomic mass is 9.93. The van der Waals surface area contributed by atoms with Gasteiger partial charge in [0.1, 0.15) is 11.5 Å². The van der Waals surface area contributed by atoms with Gasteiger partial charge in [0, 0.05) is 32.7 Å². The van der Waals surface area contributed by atoms with E-state index in [4.69, 9.17) is 21.3 Å². The van der Waals surface area contributed by atoms with Crippen molar-refractivity contribution in [2.45, 2.75) is 20.8 Å². The number of benzene rings is 1. The number of hydrogen-bond donors (Lipinski definition) is 1. The number of aliphatic carboxylic acids is 1. The van der Waals surface area contributed by atoms with Crippen LogP contribution in [-0.2, 0) is 4.79 Å². The summed E-state index contributed by atoms with van der Waals surface area (Å²) in [6, 6.07) is 7.92. The largest absolute Gasteiger partial charge is 0.481 e. The van der Waals surface area contributed by atoms with Crippen molar-refractivity contribution in [3.63, 3.8) is 0 Å². The van der Waals surface area contributed by atoms with Gasteiger partial charge in [-0.2, -0.15) is 0 Å². The lowest BCUT2D eigenvalue weighted by Gasteiger charge is -2.38. The third-order valence-electron chi connectivity index (χ3n) is 5.32. The van der Waals surface area contributed by atoms with Crippen LogP contribution in [0.25, 0.3) is 0 Å². The van der Waals surface area contributed by atoms with Crippen molar-refractivity contribution in [3.8, 4) is 10.8 Å². The Kier molecular flexibility index (Phi) is 12.3. The number of nitrogens with zero attached hydrogens (tertiary/aromatic N) is 3. The molecule has 1 N–H and O–H groups in total. The number of ether oxygens (including phenoxy) is 1. The predicted molar refractivity (Wildman–Crippen MR) is 145 cm³/mol. The van der Waals surface area contributed by atoms with Gasteiger partial charge in [0.05, 0.1) is 15.3 Å². The zero-order chi connectivity index (χ0) is 20.8. The summed E-state index contributed by atoms with van der Waals surface area (Å²) in [7, 11) is 0. The Balaban J connectivity index is 0.00000256. The minimum absolute atomic E-state index is 0. The van der Waals surface area contributed by atoms with E-state index >= 15 is 0 Å². The number of thiophene rings is 1. The molecule has 0 bridgehead atoms. The van der Waals surface area contributed by atoms with Crippen molar-refractivity contribution in [2.75, 3.05) is 32.7 Å². The number of rotatable bonds is 3. The van der Waals surface area contributed by atoms with Gasteiger partial charge < -0.3 is 14.7 Å². The molecule has 1 aromatic carbocycles. The van der Waals surface area contributed by atoms with Gasteiger partial charge in [-0.15, -0.1) is 49.6 Å². The number of aliphatic imine (C=N–C) groups is 1. The van der Waals surface area contributed by atoms with Gasteiger partial charge in [-0.05, 0) is 44.5 Å². The predicted octanol–water partition coefficient (Wildman–Crippen LogP) is 6.31. The van der Waals surface area contributed by atoms with E-state index in [0.717, 1.165) is 59.6 Å². The minimum Gasteiger partial charge on any atom is -0.481 e. The minimum atomic E-state index is -0.769. The van der Waals surface area contributed by atoms with Gasteiger partial charge in [-0.1, -0.05) is 29.0 Å². The molecule has 0 unspecified atom stereocenters. The molecule has 1 saturated heterocycles. The monoisotopic (exact) mass is 577 g/mol. The molecular weight excluding hydrogens is 552 g/mol. The normalized spacial score (nSPS) is 15.0. The molecule has 2 aliphatic rings. The first kappa shape index (κ1) is 32.1. The van der Waals surface area contributed by atoms with Crippen LogP contribution in [0.4, 0.5) is 5.69 Å². The fourth-order valence-electron chi connectivity index (χ4n) is 3.63. The second-order valence-corrected chi connectivity index (χ2v) is 9.86. The number of aryl methyl sites for hydroxylation is 1. The lowest BCUT2D eigenvalue weighted by Crippen LogP contribution is -2.51. The first-order chi connectivity index (χ1) is 13.7. The van der Waals surface area contributed by atoms with Crippen LogP contribution in [0.1, 0.15) is 25.0 Å². The number of fused-ring (bicyclic) bond motifs is 2. The highest BCUT2D eigenvalue weighted by atomic mass is 35.5. The molecular formula is C21H28Cl5N3O3S. The Morgan fingerprint density at radius 3 is 2.39 bits per heavy atom. The van der Waals surface area contributed by atoms with E-state index in [9.17, 15) is 9.90 Å². The van der Waals surface area contributed by atoms with Crippen LogP contribution in [-0.4, -0.2) is 59.4 Å². The van der Waals surface area contributed by atoms with Crippen LogP contribution in [0.15, 0.2) is 29.3 Å². The average Bonchev–Trinajstić information content (AvgIpc) is 2.94. The Bertz CT molecular complexity index is 992. The summed E-state index contributed by atoms with van der Waals surface area (Å²) in [5.74, 6) is 0.833. The number of halogens is 5. The van der Waals surface area contributed by atoms with E-state index in [1.165, 1.54) is 11.3 Å². The Hall–Kier alpha value is -0.930. The maximum Gasteiger partial charge on any atom is 0.310 e. The molecule has 1 aromatic heterocycles. The van der Waals surface area contributed by atoms with Gasteiger partial charge in [-0.25, -0.2) is 4.99 Å². The maximum atomic E-state index is 11.4. The van der Waals surface area contributed by atoms with Crippen molar-refractivity contribution >= 4 is 90.1 Å². The highest BCUT2D eigenvalue weighted by Gasteiger charge is 2.33. The standard InChI is InChI=1S/C21H24ClN3O3S.4ClH/c1-13-4-5-15-16(10-13)28-19-14(11-17(22)29-19)18(23-15)25-8-6-24(7-9-25)12-21(2,3)20(26)27;;;;/h4-5,10-11H,6-9,12H2,1-3H3,(H,26,27);4*1H. The van der Waals surface area contributed by atoms with E-state index < -0.39 is 11.4 Å². The molecule has 0 atom stereocenters. The molecule has 2 aromatic rings. The second-order valence-electron chi connectivity index (χ2n) is 8.21. The molecule has 3 heterocycles. The lowest BCUT2D eigenvalue weighted by molar-refractivity contribution is -0.148. The van der Waals surface area contributed by atoms with Crippen molar-refractivity contribution in [1.82, 2.24) is 9.80 Å². The topological polar surface area (TPSA) is 65.4 Å². The third kappa shape index (κ3) is 7.04. The maximum absolute atomic E-state index is 11.4. The van der Waals surface area contributed by atoms with Gasteiger partial charge in [0.25, 0.3) is 0 Å². The molecule has 6 nitrogen and oxygen atoms in total. The van der Waals surface area contributed by atoms with Crippen LogP contribution >= 0.6 is 72.6 Å². The number of carbonyl (C=O) groups is 1. The quantitative estimate of drug-likeness (QED) is 0.462. The molecule has 33 heavy (non-hydrogen) atoms. The molecule has 0 spiro atoms. The van der Waals surface area contributed by atoms with Gasteiger partial charge >= 0.3 is 5.97 Å². The Morgan fingerprint density at radius 2 is 1.79 bits per heavy atom. The van der Waals surface area contributed by atoms with Crippen molar-refractivity contribution in [2.24, 2.45) is 10.4 Å². The molecule has 4 rings (SSSR count). The van der Waals surface area contributed by atoms with Gasteiger partial charge in [0.15, 0.2) is 10.8 Å². The van der Waals surface area contributed by atoms with E-state index in [-0.39, 0.29) is 49.6 Å². The van der Waals surface area contributed by atoms with Crippen molar-refractivity contribution < 1.29 is 14.6 Å². The first-order valence-corrected chi connectivity index (χ1v) is 10.8. The summed E-state index contributed by atoms with van der Waals surface area (Å²) in [5.41, 5.74) is 2.06. The Labute approximate surface area is 228 Å². The molecule has 12 heteroatoms. The summed E-state index contributed by atoms with van der Waals surface area (Å²) >= 11 is 7.71. The molecule has 2 aliphatic heterocycles. The number of amidine groups is 1. The van der Waals surface area contributed by atoms with Crippen LogP contribution in [0.3, 0.4) is 0 Å². The smallest absolute Gasteiger partial charge is 0.310 e. The number of carboxylic acid groups (broad SMARTS) is 1. The van der Waals surface area contributed by atoms with Crippen LogP contribution in [0.2, 0.25) is 4.34 Å². The molecule has 0 aliphatic carbocycles. The zero-order valence-corrected chi connectivity index (χ0v) is 23.2. The van der Waals surface area contributed by atoms with E-state index in [1.807, 2.05) is 31.2 Å². The second kappa shape index (κ2) is 12.7. The summed E-state index contributed by atoms with van der Waals surface area (Å²) in [6.07, 6.45) is 0. The average molecular weight is 580 g/mol. The fraction of sp³-hybridized carbons (Fsp3) is 0.429. The van der Waals surface area contributed by atoms with Crippen molar-refractivity contribution in [3.05, 3.63) is 39.7 Å². The van der Waals surface area contributed by atoms with Crippen LogP contribution < -0.4 is 4.74 Å². The van der Waals surface area contributed by atoms with E-state index in [0.29, 0.717) is 10.9 Å². The van der Waals surface area contributed by atoms with E-state index in [2.05, 4.69) is 9.80 Å². The van der Waals surface area contributed by atoms with Gasteiger partial charge in [0.2, 0.25) is 0 Å². The highest BCUT2D eigenvalue weighted by molar-refractivity contribution is 7.18. The molecule has 186 valence electrons. The Morgan fingerprint density at radius 1 is 1.15 bits per heavy atom. The molecule has 0 saturated carbocycles. The molecule has 0 amide bonds. The molecule has 0 radical (unpaired) electrons. The number of piperazine rings is 1. The summed E-state index contributed by atoms with van der Waals surface area (Å²) in [5, 5.41) is 10.2. The summed E-state index contributed by atoms with van der Waals surface area (Å²) in [6.45, 7) is 9.20. The van der Waals surface area contributed by atoms with Gasteiger partial charge in [-0.3, -0.25) is 9.69 Å². The number of carboxylic acids is 1. The fourth-order valence-corrected chi connectivity index (χ4v) is 4.70.